The van der Waals surface area contributed by atoms with Crippen LogP contribution in [0, 0.1) is 20.8 Å². The maximum atomic E-state index is 5.39. The van der Waals surface area contributed by atoms with Gasteiger partial charge in [-0.25, -0.2) is 9.97 Å². The Morgan fingerprint density at radius 2 is 1.85 bits per heavy atom. The van der Waals surface area contributed by atoms with Crippen LogP contribution in [0.4, 0.5) is 5.82 Å². The summed E-state index contributed by atoms with van der Waals surface area (Å²) < 4.78 is 5.39. The first-order valence-corrected chi connectivity index (χ1v) is 8.94. The van der Waals surface area contributed by atoms with Crippen molar-refractivity contribution in [1.82, 2.24) is 20.1 Å². The van der Waals surface area contributed by atoms with Crippen LogP contribution in [0.25, 0.3) is 11.3 Å². The fraction of sp³-hybridized carbons (Fsp3) is 0.400. The van der Waals surface area contributed by atoms with E-state index in [-0.39, 0.29) is 5.92 Å². The lowest BCUT2D eigenvalue weighted by Gasteiger charge is -2.22. The molecular formula is C20H23N5O. The molecule has 0 bridgehead atoms. The fourth-order valence-electron chi connectivity index (χ4n) is 3.52. The molecule has 6 heteroatoms. The molecule has 0 saturated heterocycles. The first-order chi connectivity index (χ1) is 12.5. The molecule has 3 aromatic heterocycles. The van der Waals surface area contributed by atoms with Crippen LogP contribution in [0.15, 0.2) is 23.0 Å². The highest BCUT2D eigenvalue weighted by Gasteiger charge is 2.26. The van der Waals surface area contributed by atoms with Crippen LogP contribution in [0.1, 0.15) is 53.7 Å². The minimum atomic E-state index is 0.236. The van der Waals surface area contributed by atoms with Crippen molar-refractivity contribution in [3.63, 3.8) is 0 Å². The number of fused-ring (bicyclic) bond motifs is 1. The number of aromatic nitrogens is 4. The minimum Gasteiger partial charge on any atom is -0.361 e. The van der Waals surface area contributed by atoms with E-state index in [0.717, 1.165) is 53.0 Å². The Morgan fingerprint density at radius 1 is 1.08 bits per heavy atom. The van der Waals surface area contributed by atoms with Gasteiger partial charge in [0.2, 0.25) is 0 Å². The predicted molar refractivity (Wildman–Crippen MR) is 100.0 cm³/mol. The van der Waals surface area contributed by atoms with Crippen molar-refractivity contribution in [2.75, 3.05) is 4.90 Å². The molecule has 0 amide bonds. The maximum Gasteiger partial charge on any atom is 0.143 e. The van der Waals surface area contributed by atoms with E-state index in [0.29, 0.717) is 0 Å². The van der Waals surface area contributed by atoms with E-state index in [1.807, 2.05) is 26.2 Å². The summed E-state index contributed by atoms with van der Waals surface area (Å²) in [5.41, 5.74) is 6.39. The molecule has 1 aliphatic heterocycles. The fourth-order valence-corrected chi connectivity index (χ4v) is 3.52. The van der Waals surface area contributed by atoms with E-state index in [2.05, 4.69) is 41.9 Å². The second-order valence-electron chi connectivity index (χ2n) is 7.23. The van der Waals surface area contributed by atoms with E-state index in [4.69, 9.17) is 14.5 Å². The molecule has 0 N–H and O–H groups in total. The van der Waals surface area contributed by atoms with Gasteiger partial charge in [0.05, 0.1) is 17.0 Å². The molecule has 0 spiro atoms. The van der Waals surface area contributed by atoms with Crippen LogP contribution in [0.3, 0.4) is 0 Å². The monoisotopic (exact) mass is 349 g/mol. The van der Waals surface area contributed by atoms with Gasteiger partial charge in [-0.1, -0.05) is 19.0 Å². The van der Waals surface area contributed by atoms with Gasteiger partial charge >= 0.3 is 0 Å². The first-order valence-electron chi connectivity index (χ1n) is 8.94. The predicted octanol–water partition coefficient (Wildman–Crippen LogP) is 4.10. The molecular weight excluding hydrogens is 326 g/mol. The largest absolute Gasteiger partial charge is 0.361 e. The third-order valence-corrected chi connectivity index (χ3v) is 4.95. The molecule has 0 saturated carbocycles. The average Bonchev–Trinajstić information content (AvgIpc) is 3.18. The van der Waals surface area contributed by atoms with Crippen LogP contribution in [0.5, 0.6) is 0 Å². The standard InChI is InChI=1S/C20H23N5O/c1-11(2)19-22-18(17-13(4)24-26-14(17)5)12(3)20(23-19)25-9-15-6-7-21-8-16(15)10-25/h6-8,11H,9-10H2,1-5H3. The molecule has 0 aromatic carbocycles. The highest BCUT2D eigenvalue weighted by atomic mass is 16.5. The van der Waals surface area contributed by atoms with E-state index in [1.165, 1.54) is 11.1 Å². The number of rotatable bonds is 3. The summed E-state index contributed by atoms with van der Waals surface area (Å²) in [4.78, 5) is 16.3. The van der Waals surface area contributed by atoms with Gasteiger partial charge in [0.15, 0.2) is 0 Å². The SMILES string of the molecule is Cc1noc(C)c1-c1nc(C(C)C)nc(N2Cc3ccncc3C2)c1C. The van der Waals surface area contributed by atoms with Crippen LogP contribution in [0.2, 0.25) is 0 Å². The lowest BCUT2D eigenvalue weighted by molar-refractivity contribution is 0.393. The summed E-state index contributed by atoms with van der Waals surface area (Å²) in [5, 5.41) is 4.11. The number of pyridine rings is 1. The van der Waals surface area contributed by atoms with Crippen molar-refractivity contribution >= 4 is 5.82 Å². The topological polar surface area (TPSA) is 67.9 Å². The van der Waals surface area contributed by atoms with E-state index < -0.39 is 0 Å². The van der Waals surface area contributed by atoms with E-state index in [1.54, 1.807) is 0 Å². The zero-order valence-electron chi connectivity index (χ0n) is 15.9. The average molecular weight is 349 g/mol. The summed E-state index contributed by atoms with van der Waals surface area (Å²) in [6.07, 6.45) is 3.80. The molecule has 0 atom stereocenters. The molecule has 1 aliphatic rings. The van der Waals surface area contributed by atoms with E-state index >= 15 is 0 Å². The van der Waals surface area contributed by atoms with Crippen molar-refractivity contribution in [1.29, 1.82) is 0 Å². The van der Waals surface area contributed by atoms with Crippen molar-refractivity contribution < 1.29 is 4.52 Å². The summed E-state index contributed by atoms with van der Waals surface area (Å²) in [6.45, 7) is 11.9. The minimum absolute atomic E-state index is 0.236. The number of nitrogens with zero attached hydrogens (tertiary/aromatic N) is 5. The molecule has 6 nitrogen and oxygen atoms in total. The second kappa shape index (κ2) is 6.20. The van der Waals surface area contributed by atoms with Gasteiger partial charge in [0.25, 0.3) is 0 Å². The molecule has 134 valence electrons. The summed E-state index contributed by atoms with van der Waals surface area (Å²) in [5.74, 6) is 2.85. The molecule has 3 aromatic rings. The quantitative estimate of drug-likeness (QED) is 0.709. The van der Waals surface area contributed by atoms with E-state index in [9.17, 15) is 0 Å². The third-order valence-electron chi connectivity index (χ3n) is 4.95. The van der Waals surface area contributed by atoms with Crippen LogP contribution < -0.4 is 4.90 Å². The van der Waals surface area contributed by atoms with Crippen LogP contribution in [-0.4, -0.2) is 20.1 Å². The summed E-state index contributed by atoms with van der Waals surface area (Å²) in [6, 6.07) is 2.09. The molecule has 0 unspecified atom stereocenters. The Morgan fingerprint density at radius 3 is 2.50 bits per heavy atom. The van der Waals surface area contributed by atoms with Gasteiger partial charge in [-0.15, -0.1) is 0 Å². The number of hydrogen-bond donors (Lipinski definition) is 0. The Kier molecular flexibility index (Phi) is 3.98. The van der Waals surface area contributed by atoms with Crippen molar-refractivity contribution in [2.24, 2.45) is 0 Å². The molecule has 4 rings (SSSR count). The van der Waals surface area contributed by atoms with Crippen molar-refractivity contribution in [3.05, 3.63) is 52.4 Å². The van der Waals surface area contributed by atoms with Gasteiger partial charge in [-0.05, 0) is 38.0 Å². The third kappa shape index (κ3) is 2.66. The molecule has 4 heterocycles. The van der Waals surface area contributed by atoms with Gasteiger partial charge < -0.3 is 9.42 Å². The summed E-state index contributed by atoms with van der Waals surface area (Å²) in [7, 11) is 0. The van der Waals surface area contributed by atoms with Gasteiger partial charge in [0.1, 0.15) is 17.4 Å². The molecule has 0 fully saturated rings. The maximum absolute atomic E-state index is 5.39. The van der Waals surface area contributed by atoms with Crippen LogP contribution >= 0.6 is 0 Å². The molecule has 0 radical (unpaired) electrons. The highest BCUT2D eigenvalue weighted by Crippen LogP contribution is 2.36. The Labute approximate surface area is 153 Å². The Bertz CT molecular complexity index is 932. The Hall–Kier alpha value is -2.76. The van der Waals surface area contributed by atoms with Crippen LogP contribution in [-0.2, 0) is 13.1 Å². The van der Waals surface area contributed by atoms with Gasteiger partial charge in [-0.3, -0.25) is 4.98 Å². The van der Waals surface area contributed by atoms with Gasteiger partial charge in [0, 0.05) is 37.0 Å². The highest BCUT2D eigenvalue weighted by molar-refractivity contribution is 5.72. The van der Waals surface area contributed by atoms with Crippen molar-refractivity contribution in [3.8, 4) is 11.3 Å². The normalized spacial score (nSPS) is 13.5. The number of hydrogen-bond acceptors (Lipinski definition) is 6. The number of aryl methyl sites for hydroxylation is 2. The van der Waals surface area contributed by atoms with Crippen molar-refractivity contribution in [2.45, 2.75) is 53.6 Å². The zero-order chi connectivity index (χ0) is 18.4. The second-order valence-corrected chi connectivity index (χ2v) is 7.23. The smallest absolute Gasteiger partial charge is 0.143 e. The lowest BCUT2D eigenvalue weighted by Crippen LogP contribution is -2.19. The first kappa shape index (κ1) is 16.7. The van der Waals surface area contributed by atoms with Gasteiger partial charge in [-0.2, -0.15) is 0 Å². The zero-order valence-corrected chi connectivity index (χ0v) is 15.9. The summed E-state index contributed by atoms with van der Waals surface area (Å²) >= 11 is 0. The molecule has 0 aliphatic carbocycles. The number of anilines is 1. The lowest BCUT2D eigenvalue weighted by atomic mass is 10.0. The Balaban J connectivity index is 1.86. The molecule has 26 heavy (non-hydrogen) atoms.